The molecule has 1 aliphatic heterocycles. The Hall–Kier alpha value is -2.62. The number of ether oxygens (including phenoxy) is 1. The molecule has 0 radical (unpaired) electrons. The molecule has 1 heterocycles. The molecule has 2 aromatic rings. The summed E-state index contributed by atoms with van der Waals surface area (Å²) in [5, 5.41) is 2.98. The molecule has 0 saturated heterocycles. The molecular formula is C23H28ClN3O5S. The Kier molecular flexibility index (Phi) is 7.66. The molecule has 1 aliphatic rings. The number of carbonyl (C=O) groups excluding carboxylic acids is 2. The fraction of sp³-hybridized carbons (Fsp3) is 0.391. The van der Waals surface area contributed by atoms with Gasteiger partial charge in [-0.25, -0.2) is 12.7 Å². The molecular weight excluding hydrogens is 466 g/mol. The highest BCUT2D eigenvalue weighted by molar-refractivity contribution is 7.89. The number of amides is 2. The molecule has 8 nitrogen and oxygen atoms in total. The summed E-state index contributed by atoms with van der Waals surface area (Å²) in [5.74, 6) is -0.363. The van der Waals surface area contributed by atoms with Gasteiger partial charge in [0.05, 0.1) is 17.3 Å². The van der Waals surface area contributed by atoms with Gasteiger partial charge in [0.25, 0.3) is 11.8 Å². The minimum absolute atomic E-state index is 0.0116. The lowest BCUT2D eigenvalue weighted by Gasteiger charge is -2.35. The van der Waals surface area contributed by atoms with Crippen molar-refractivity contribution in [2.45, 2.75) is 43.7 Å². The Morgan fingerprint density at radius 3 is 2.48 bits per heavy atom. The van der Waals surface area contributed by atoms with Crippen LogP contribution in [0.2, 0.25) is 5.02 Å². The van der Waals surface area contributed by atoms with Crippen molar-refractivity contribution in [2.75, 3.05) is 25.5 Å². The van der Waals surface area contributed by atoms with Crippen LogP contribution in [0.5, 0.6) is 5.75 Å². The maximum atomic E-state index is 13.5. The topological polar surface area (TPSA) is 96.0 Å². The molecule has 0 aliphatic carbocycles. The van der Waals surface area contributed by atoms with Gasteiger partial charge in [-0.15, -0.1) is 0 Å². The molecule has 0 spiro atoms. The van der Waals surface area contributed by atoms with Crippen molar-refractivity contribution >= 4 is 39.1 Å². The number of para-hydroxylation sites is 2. The normalized spacial score (nSPS) is 15.8. The second kappa shape index (κ2) is 10.1. The predicted molar refractivity (Wildman–Crippen MR) is 127 cm³/mol. The van der Waals surface area contributed by atoms with E-state index in [2.05, 4.69) is 5.32 Å². The van der Waals surface area contributed by atoms with E-state index in [9.17, 15) is 18.0 Å². The van der Waals surface area contributed by atoms with Crippen molar-refractivity contribution in [3.8, 4) is 5.75 Å². The van der Waals surface area contributed by atoms with E-state index >= 15 is 0 Å². The second-order valence-corrected chi connectivity index (χ2v) is 10.5. The summed E-state index contributed by atoms with van der Waals surface area (Å²) in [6, 6.07) is 11.1. The van der Waals surface area contributed by atoms with Crippen LogP contribution in [-0.2, 0) is 14.8 Å². The van der Waals surface area contributed by atoms with E-state index in [0.29, 0.717) is 11.4 Å². The van der Waals surface area contributed by atoms with Gasteiger partial charge in [-0.05, 0) is 43.2 Å². The summed E-state index contributed by atoms with van der Waals surface area (Å²) >= 11 is 6.13. The molecule has 0 bridgehead atoms. The first-order valence-corrected chi connectivity index (χ1v) is 12.5. The summed E-state index contributed by atoms with van der Waals surface area (Å²) in [5.41, 5.74) is 0.636. The van der Waals surface area contributed by atoms with Crippen molar-refractivity contribution in [1.29, 1.82) is 0 Å². The standard InChI is InChI=1S/C23H28ClN3O5S/c1-5-16(6-2)25-22(28)20-14-27(18-9-7-8-10-19(18)32-20)23(29)15-11-12-17(24)21(13-15)33(30,31)26(3)4/h7-13,16,20H,5-6,14H2,1-4H3,(H,25,28). The van der Waals surface area contributed by atoms with Gasteiger partial charge in [0.1, 0.15) is 10.6 Å². The number of nitrogens with zero attached hydrogens (tertiary/aromatic N) is 2. The molecule has 33 heavy (non-hydrogen) atoms. The first kappa shape index (κ1) is 25.0. The summed E-state index contributed by atoms with van der Waals surface area (Å²) in [7, 11) is -1.08. The van der Waals surface area contributed by atoms with Crippen LogP contribution in [0.25, 0.3) is 0 Å². The van der Waals surface area contributed by atoms with Gasteiger partial charge in [0.2, 0.25) is 10.0 Å². The van der Waals surface area contributed by atoms with Crippen molar-refractivity contribution < 1.29 is 22.7 Å². The summed E-state index contributed by atoms with van der Waals surface area (Å²) < 4.78 is 32.2. The van der Waals surface area contributed by atoms with E-state index < -0.39 is 22.0 Å². The van der Waals surface area contributed by atoms with Crippen LogP contribution in [-0.4, -0.2) is 57.3 Å². The molecule has 10 heteroatoms. The number of anilines is 1. The Labute approximate surface area is 199 Å². The van der Waals surface area contributed by atoms with Gasteiger partial charge < -0.3 is 15.0 Å². The number of halogens is 1. The first-order valence-electron chi connectivity index (χ1n) is 10.7. The van der Waals surface area contributed by atoms with Crippen molar-refractivity contribution in [2.24, 2.45) is 0 Å². The second-order valence-electron chi connectivity index (χ2n) is 7.94. The van der Waals surface area contributed by atoms with E-state index in [-0.39, 0.29) is 34.0 Å². The van der Waals surface area contributed by atoms with E-state index in [1.54, 1.807) is 24.3 Å². The van der Waals surface area contributed by atoms with Gasteiger partial charge in [-0.1, -0.05) is 37.6 Å². The number of carbonyl (C=O) groups is 2. The molecule has 0 saturated carbocycles. The molecule has 2 aromatic carbocycles. The van der Waals surface area contributed by atoms with Crippen LogP contribution in [0.1, 0.15) is 37.0 Å². The summed E-state index contributed by atoms with van der Waals surface area (Å²) in [6.07, 6.45) is 0.659. The number of rotatable bonds is 7. The molecule has 1 unspecified atom stereocenters. The first-order chi connectivity index (χ1) is 15.6. The van der Waals surface area contributed by atoms with Crippen molar-refractivity contribution in [3.63, 3.8) is 0 Å². The largest absolute Gasteiger partial charge is 0.477 e. The highest BCUT2D eigenvalue weighted by Gasteiger charge is 2.35. The average molecular weight is 494 g/mol. The third-order valence-electron chi connectivity index (χ3n) is 5.58. The molecule has 1 atom stereocenters. The lowest BCUT2D eigenvalue weighted by molar-refractivity contribution is -0.128. The smallest absolute Gasteiger partial charge is 0.263 e. The lowest BCUT2D eigenvalue weighted by atomic mass is 10.1. The van der Waals surface area contributed by atoms with E-state index in [1.807, 2.05) is 13.8 Å². The highest BCUT2D eigenvalue weighted by atomic mass is 35.5. The fourth-order valence-electron chi connectivity index (χ4n) is 3.54. The summed E-state index contributed by atoms with van der Waals surface area (Å²) in [6.45, 7) is 3.96. The third kappa shape index (κ3) is 5.15. The quantitative estimate of drug-likeness (QED) is 0.638. The van der Waals surface area contributed by atoms with Gasteiger partial charge in [-0.3, -0.25) is 9.59 Å². The lowest BCUT2D eigenvalue weighted by Crippen LogP contribution is -2.52. The minimum atomic E-state index is -3.86. The number of hydrogen-bond acceptors (Lipinski definition) is 5. The maximum Gasteiger partial charge on any atom is 0.263 e. The van der Waals surface area contributed by atoms with Gasteiger partial charge in [0, 0.05) is 25.7 Å². The van der Waals surface area contributed by atoms with Crippen molar-refractivity contribution in [1.82, 2.24) is 9.62 Å². The van der Waals surface area contributed by atoms with Crippen LogP contribution in [0.3, 0.4) is 0 Å². The molecule has 2 amide bonds. The van der Waals surface area contributed by atoms with Gasteiger partial charge in [-0.2, -0.15) is 0 Å². The van der Waals surface area contributed by atoms with Crippen LogP contribution in [0, 0.1) is 0 Å². The van der Waals surface area contributed by atoms with Crippen LogP contribution in [0.15, 0.2) is 47.4 Å². The van der Waals surface area contributed by atoms with Crippen LogP contribution < -0.4 is 15.0 Å². The average Bonchev–Trinajstić information content (AvgIpc) is 2.81. The SMILES string of the molecule is CCC(CC)NC(=O)C1CN(C(=O)c2ccc(Cl)c(S(=O)(=O)N(C)C)c2)c2ccccc2O1. The number of fused-ring (bicyclic) bond motifs is 1. The monoisotopic (exact) mass is 493 g/mol. The van der Waals surface area contributed by atoms with Crippen molar-refractivity contribution in [3.05, 3.63) is 53.1 Å². The number of nitrogens with one attached hydrogen (secondary N) is 1. The molecule has 0 aromatic heterocycles. The summed E-state index contributed by atoms with van der Waals surface area (Å²) in [4.78, 5) is 27.7. The zero-order valence-corrected chi connectivity index (χ0v) is 20.6. The van der Waals surface area contributed by atoms with Gasteiger partial charge >= 0.3 is 0 Å². The zero-order valence-electron chi connectivity index (χ0n) is 19.0. The Morgan fingerprint density at radius 1 is 1.18 bits per heavy atom. The fourth-order valence-corrected chi connectivity index (χ4v) is 4.93. The van der Waals surface area contributed by atoms with E-state index in [0.717, 1.165) is 17.1 Å². The zero-order chi connectivity index (χ0) is 24.3. The van der Waals surface area contributed by atoms with E-state index in [1.165, 1.54) is 37.2 Å². The molecule has 178 valence electrons. The van der Waals surface area contributed by atoms with Gasteiger partial charge in [0.15, 0.2) is 6.10 Å². The van der Waals surface area contributed by atoms with Crippen LogP contribution >= 0.6 is 11.6 Å². The van der Waals surface area contributed by atoms with Crippen LogP contribution in [0.4, 0.5) is 5.69 Å². The highest BCUT2D eigenvalue weighted by Crippen LogP contribution is 2.35. The number of hydrogen-bond donors (Lipinski definition) is 1. The Balaban J connectivity index is 1.97. The predicted octanol–water partition coefficient (Wildman–Crippen LogP) is 3.30. The Morgan fingerprint density at radius 2 is 1.85 bits per heavy atom. The Bertz CT molecular complexity index is 1150. The molecule has 0 fully saturated rings. The number of sulfonamides is 1. The maximum absolute atomic E-state index is 13.5. The number of benzene rings is 2. The third-order valence-corrected chi connectivity index (χ3v) is 7.88. The molecule has 3 rings (SSSR count). The minimum Gasteiger partial charge on any atom is -0.477 e. The van der Waals surface area contributed by atoms with E-state index in [4.69, 9.17) is 16.3 Å². The molecule has 1 N–H and O–H groups in total.